The van der Waals surface area contributed by atoms with E-state index in [1.165, 1.54) is 38.4 Å². The van der Waals surface area contributed by atoms with Gasteiger partial charge in [-0.3, -0.25) is 4.99 Å². The summed E-state index contributed by atoms with van der Waals surface area (Å²) in [6, 6.07) is 6.08. The largest absolute Gasteiger partial charge is 0.493 e. The van der Waals surface area contributed by atoms with E-state index in [9.17, 15) is 27.1 Å². The third-order valence-corrected chi connectivity index (χ3v) is 5.06. The Morgan fingerprint density at radius 2 is 1.88 bits per heavy atom. The average Bonchev–Trinajstić information content (AvgIpc) is 2.72. The van der Waals surface area contributed by atoms with Gasteiger partial charge in [0.25, 0.3) is 0 Å². The second-order valence-corrected chi connectivity index (χ2v) is 7.39. The Hall–Kier alpha value is -3.14. The maximum absolute atomic E-state index is 14.1. The number of nitrogens with zero attached hydrogens (tertiary/aromatic N) is 3. The lowest BCUT2D eigenvalue weighted by molar-refractivity contribution is -0.231. The van der Waals surface area contributed by atoms with Crippen LogP contribution in [0.1, 0.15) is 30.7 Å². The molecule has 0 saturated carbocycles. The number of alkyl halides is 3. The van der Waals surface area contributed by atoms with Crippen molar-refractivity contribution in [1.29, 1.82) is 0 Å². The Morgan fingerprint density at radius 3 is 2.53 bits per heavy atom. The number of aromatic nitrogens is 2. The molecule has 0 aliphatic heterocycles. The second-order valence-electron chi connectivity index (χ2n) is 7.39. The van der Waals surface area contributed by atoms with Gasteiger partial charge in [0, 0.05) is 23.4 Å². The number of benzene rings is 2. The molecule has 0 amide bonds. The fourth-order valence-corrected chi connectivity index (χ4v) is 3.40. The molecule has 10 heteroatoms. The first-order valence-corrected chi connectivity index (χ1v) is 9.55. The predicted molar refractivity (Wildman–Crippen MR) is 109 cm³/mol. The number of halogens is 5. The molecule has 0 bridgehead atoms. The van der Waals surface area contributed by atoms with E-state index in [4.69, 9.17) is 4.74 Å². The van der Waals surface area contributed by atoms with Gasteiger partial charge in [-0.2, -0.15) is 13.2 Å². The summed E-state index contributed by atoms with van der Waals surface area (Å²) in [6.45, 7) is 2.95. The van der Waals surface area contributed by atoms with Gasteiger partial charge in [-0.15, -0.1) is 0 Å². The fourth-order valence-electron chi connectivity index (χ4n) is 3.40. The predicted octanol–water partition coefficient (Wildman–Crippen LogP) is 5.41. The van der Waals surface area contributed by atoms with Crippen LogP contribution in [0, 0.1) is 18.6 Å². The van der Waals surface area contributed by atoms with E-state index in [1.807, 2.05) is 0 Å². The van der Waals surface area contributed by atoms with Gasteiger partial charge in [0.15, 0.2) is 17.2 Å². The summed E-state index contributed by atoms with van der Waals surface area (Å²) >= 11 is 0. The van der Waals surface area contributed by atoms with Crippen molar-refractivity contribution in [2.75, 3.05) is 7.11 Å². The first-order chi connectivity index (χ1) is 15.0. The van der Waals surface area contributed by atoms with Crippen molar-refractivity contribution in [1.82, 2.24) is 9.97 Å². The number of aliphatic imine (C=N–C) groups is 1. The molecule has 0 fully saturated rings. The smallest absolute Gasteiger partial charge is 0.422 e. The highest BCUT2D eigenvalue weighted by atomic mass is 19.4. The van der Waals surface area contributed by atoms with E-state index in [2.05, 4.69) is 15.0 Å². The third-order valence-electron chi connectivity index (χ3n) is 5.06. The zero-order valence-electron chi connectivity index (χ0n) is 17.4. The molecule has 1 aromatic heterocycles. The molecule has 2 atom stereocenters. The second kappa shape index (κ2) is 8.78. The highest BCUT2D eigenvalue weighted by Gasteiger charge is 2.53. The summed E-state index contributed by atoms with van der Waals surface area (Å²) in [5.41, 5.74) is -3.32. The lowest BCUT2D eigenvalue weighted by Crippen LogP contribution is -2.47. The van der Waals surface area contributed by atoms with Crippen LogP contribution in [-0.2, 0) is 0 Å². The number of methoxy groups -OCH3 is 1. The Bertz CT molecular complexity index is 1170. The molecule has 1 heterocycles. The van der Waals surface area contributed by atoms with Gasteiger partial charge in [0.05, 0.1) is 12.8 Å². The molecule has 32 heavy (non-hydrogen) atoms. The molecule has 170 valence electrons. The van der Waals surface area contributed by atoms with Gasteiger partial charge in [0.2, 0.25) is 0 Å². The number of rotatable bonds is 6. The quantitative estimate of drug-likeness (QED) is 0.400. The average molecular weight is 453 g/mol. The first-order valence-electron chi connectivity index (χ1n) is 9.55. The lowest BCUT2D eigenvalue weighted by atomic mass is 9.86. The van der Waals surface area contributed by atoms with Gasteiger partial charge in [-0.25, -0.2) is 18.7 Å². The minimum Gasteiger partial charge on any atom is -0.493 e. The van der Waals surface area contributed by atoms with E-state index in [1.54, 1.807) is 6.92 Å². The molecule has 3 rings (SSSR count). The van der Waals surface area contributed by atoms with Crippen LogP contribution < -0.4 is 4.74 Å². The van der Waals surface area contributed by atoms with Crippen LogP contribution in [0.25, 0.3) is 10.9 Å². The van der Waals surface area contributed by atoms with Crippen molar-refractivity contribution in [3.8, 4) is 5.75 Å². The van der Waals surface area contributed by atoms with Gasteiger partial charge in [-0.1, -0.05) is 19.1 Å². The fraction of sp³-hybridized carbons (Fsp3) is 0.318. The summed E-state index contributed by atoms with van der Waals surface area (Å²) in [5.74, 6) is -2.27. The molecule has 0 aliphatic carbocycles. The molecule has 5 nitrogen and oxygen atoms in total. The molecule has 3 aromatic rings. The maximum atomic E-state index is 14.1. The highest BCUT2D eigenvalue weighted by Crippen LogP contribution is 2.40. The van der Waals surface area contributed by atoms with E-state index < -0.39 is 35.8 Å². The summed E-state index contributed by atoms with van der Waals surface area (Å²) in [7, 11) is 1.20. The summed E-state index contributed by atoms with van der Waals surface area (Å²) in [4.78, 5) is 11.7. The van der Waals surface area contributed by atoms with Gasteiger partial charge in [0.1, 0.15) is 17.2 Å². The number of fused-ring (bicyclic) bond motifs is 1. The number of para-hydroxylation sites is 1. The Labute approximate surface area is 180 Å². The van der Waals surface area contributed by atoms with Crippen LogP contribution in [0.2, 0.25) is 0 Å². The number of hydrogen-bond acceptors (Lipinski definition) is 5. The summed E-state index contributed by atoms with van der Waals surface area (Å²) < 4.78 is 74.5. The van der Waals surface area contributed by atoms with Crippen molar-refractivity contribution < 1.29 is 31.8 Å². The van der Waals surface area contributed by atoms with Crippen LogP contribution in [0.3, 0.4) is 0 Å². The number of aliphatic hydroxyl groups is 1. The maximum Gasteiger partial charge on any atom is 0.422 e. The minimum absolute atomic E-state index is 0.0416. The molecule has 0 saturated heterocycles. The molecule has 2 aromatic carbocycles. The first kappa shape index (κ1) is 23.5. The van der Waals surface area contributed by atoms with Crippen molar-refractivity contribution in [3.63, 3.8) is 0 Å². The van der Waals surface area contributed by atoms with Crippen LogP contribution in [0.15, 0.2) is 41.5 Å². The molecule has 0 spiro atoms. The van der Waals surface area contributed by atoms with E-state index >= 15 is 0 Å². The molecular weight excluding hydrogens is 433 g/mol. The van der Waals surface area contributed by atoms with E-state index in [0.29, 0.717) is 6.21 Å². The van der Waals surface area contributed by atoms with Gasteiger partial charge in [-0.05, 0) is 37.5 Å². The van der Waals surface area contributed by atoms with Crippen LogP contribution in [-0.4, -0.2) is 40.2 Å². The van der Waals surface area contributed by atoms with E-state index in [0.717, 1.165) is 12.1 Å². The van der Waals surface area contributed by atoms with Crippen LogP contribution in [0.4, 0.5) is 27.6 Å². The lowest BCUT2D eigenvalue weighted by Gasteiger charge is -2.30. The van der Waals surface area contributed by atoms with Crippen LogP contribution in [0.5, 0.6) is 5.75 Å². The van der Waals surface area contributed by atoms with Crippen molar-refractivity contribution in [3.05, 3.63) is 59.6 Å². The van der Waals surface area contributed by atoms with Crippen LogP contribution >= 0.6 is 0 Å². The zero-order valence-corrected chi connectivity index (χ0v) is 17.4. The number of aryl methyl sites for hydroxylation is 1. The van der Waals surface area contributed by atoms with Crippen molar-refractivity contribution in [2.45, 2.75) is 38.0 Å². The van der Waals surface area contributed by atoms with Gasteiger partial charge >= 0.3 is 6.18 Å². The SMILES string of the molecule is COc1c(F)cccc1[C@@H](C)C[C@@](O)(C=Nc1ccc(F)c2nc(C)ncc12)C(F)(F)F. The van der Waals surface area contributed by atoms with Crippen molar-refractivity contribution >= 4 is 22.8 Å². The molecular formula is C22H20F5N3O2. The Balaban J connectivity index is 2.01. The topological polar surface area (TPSA) is 67.6 Å². The van der Waals surface area contributed by atoms with Crippen molar-refractivity contribution in [2.24, 2.45) is 4.99 Å². The standard InChI is InChI=1S/C22H20F5N3O2/c1-12(14-5-4-6-17(24)20(14)32-3)9-21(31,22(25,26)27)11-29-18-8-7-16(23)19-15(18)10-28-13(2)30-19/h4-8,10-12,31H,9H2,1-3H3/t12-,21+/m0/s1. The molecule has 1 N–H and O–H groups in total. The molecule has 0 aliphatic rings. The number of hydrogen-bond donors (Lipinski definition) is 1. The minimum atomic E-state index is -5.09. The normalized spacial score (nSPS) is 15.2. The zero-order chi connectivity index (χ0) is 23.7. The summed E-state index contributed by atoms with van der Waals surface area (Å²) in [6.07, 6.45) is -4.33. The number of ether oxygens (including phenoxy) is 1. The summed E-state index contributed by atoms with van der Waals surface area (Å²) in [5, 5.41) is 10.6. The molecule has 0 unspecified atom stereocenters. The highest BCUT2D eigenvalue weighted by molar-refractivity contribution is 5.91. The van der Waals surface area contributed by atoms with Gasteiger partial charge < -0.3 is 9.84 Å². The molecule has 0 radical (unpaired) electrons. The van der Waals surface area contributed by atoms with E-state index in [-0.39, 0.29) is 33.7 Å². The Morgan fingerprint density at radius 1 is 1.16 bits per heavy atom. The third kappa shape index (κ3) is 4.55. The Kier molecular flexibility index (Phi) is 6.45. The monoisotopic (exact) mass is 453 g/mol.